The van der Waals surface area contributed by atoms with Crippen molar-refractivity contribution in [3.05, 3.63) is 45.7 Å². The molecule has 154 valence electrons. The van der Waals surface area contributed by atoms with Crippen LogP contribution in [0.1, 0.15) is 22.5 Å². The van der Waals surface area contributed by atoms with E-state index in [1.165, 1.54) is 15.6 Å². The van der Waals surface area contributed by atoms with Gasteiger partial charge in [-0.15, -0.1) is 11.3 Å². The van der Waals surface area contributed by atoms with Gasteiger partial charge in [0.15, 0.2) is 0 Å². The average molecular weight is 498 g/mol. The van der Waals surface area contributed by atoms with Crippen LogP contribution in [0.25, 0.3) is 0 Å². The number of halogens is 1. The minimum Gasteiger partial charge on any atom is -0.335 e. The third-order valence-corrected chi connectivity index (χ3v) is 8.89. The third kappa shape index (κ3) is 4.40. The van der Waals surface area contributed by atoms with Gasteiger partial charge in [-0.2, -0.15) is 4.31 Å². The average Bonchev–Trinajstić information content (AvgIpc) is 3.47. The van der Waals surface area contributed by atoms with Gasteiger partial charge in [0.05, 0.1) is 14.8 Å². The van der Waals surface area contributed by atoms with Gasteiger partial charge in [0.25, 0.3) is 5.91 Å². The van der Waals surface area contributed by atoms with Crippen molar-refractivity contribution in [1.82, 2.24) is 9.21 Å². The number of thiophene rings is 1. The van der Waals surface area contributed by atoms with E-state index in [0.717, 1.165) is 12.8 Å². The zero-order chi connectivity index (χ0) is 20.6. The molecule has 1 aromatic carbocycles. The first kappa shape index (κ1) is 20.5. The number of benzene rings is 1. The van der Waals surface area contributed by atoms with Crippen LogP contribution < -0.4 is 5.32 Å². The summed E-state index contributed by atoms with van der Waals surface area (Å²) in [6, 6.07) is 10.2. The normalized spacial score (nSPS) is 17.9. The van der Waals surface area contributed by atoms with Crippen molar-refractivity contribution in [3.63, 3.8) is 0 Å². The minimum atomic E-state index is -3.61. The van der Waals surface area contributed by atoms with Gasteiger partial charge in [-0.05, 0) is 53.0 Å². The van der Waals surface area contributed by atoms with E-state index >= 15 is 0 Å². The number of carbonyl (C=O) groups excluding carboxylic acids is 2. The maximum atomic E-state index is 12.9. The molecule has 1 N–H and O–H groups in total. The molecule has 0 spiro atoms. The molecule has 7 nitrogen and oxygen atoms in total. The van der Waals surface area contributed by atoms with Crippen LogP contribution >= 0.6 is 27.3 Å². The summed E-state index contributed by atoms with van der Waals surface area (Å²) in [5.74, 6) is -0.0208. The number of nitrogens with zero attached hydrogens (tertiary/aromatic N) is 2. The molecule has 1 saturated heterocycles. The highest BCUT2D eigenvalue weighted by Crippen LogP contribution is 2.32. The van der Waals surface area contributed by atoms with Crippen molar-refractivity contribution in [3.8, 4) is 0 Å². The lowest BCUT2D eigenvalue weighted by Crippen LogP contribution is -2.50. The molecule has 1 aliphatic heterocycles. The highest BCUT2D eigenvalue weighted by molar-refractivity contribution is 9.10. The van der Waals surface area contributed by atoms with Crippen LogP contribution in [0, 0.1) is 5.92 Å². The molecule has 1 aliphatic carbocycles. The van der Waals surface area contributed by atoms with Crippen molar-refractivity contribution in [2.45, 2.75) is 17.7 Å². The predicted molar refractivity (Wildman–Crippen MR) is 114 cm³/mol. The number of amides is 2. The lowest BCUT2D eigenvalue weighted by Gasteiger charge is -2.34. The van der Waals surface area contributed by atoms with Gasteiger partial charge >= 0.3 is 0 Å². The van der Waals surface area contributed by atoms with E-state index in [4.69, 9.17) is 0 Å². The Morgan fingerprint density at radius 2 is 1.72 bits per heavy atom. The monoisotopic (exact) mass is 497 g/mol. The molecule has 0 unspecified atom stereocenters. The van der Waals surface area contributed by atoms with Crippen molar-refractivity contribution >= 4 is 54.1 Å². The number of rotatable bonds is 5. The van der Waals surface area contributed by atoms with Crippen molar-refractivity contribution < 1.29 is 18.0 Å². The van der Waals surface area contributed by atoms with Crippen LogP contribution in [0.2, 0.25) is 0 Å². The molecule has 2 fully saturated rings. The van der Waals surface area contributed by atoms with Gasteiger partial charge < -0.3 is 10.2 Å². The van der Waals surface area contributed by atoms with Gasteiger partial charge in [-0.3, -0.25) is 9.59 Å². The van der Waals surface area contributed by atoms with Gasteiger partial charge in [-0.25, -0.2) is 8.42 Å². The molecule has 0 radical (unpaired) electrons. The lowest BCUT2D eigenvalue weighted by molar-refractivity contribution is -0.117. The highest BCUT2D eigenvalue weighted by atomic mass is 79.9. The molecule has 2 amide bonds. The Labute approximate surface area is 181 Å². The van der Waals surface area contributed by atoms with E-state index in [-0.39, 0.29) is 35.7 Å². The van der Waals surface area contributed by atoms with Crippen molar-refractivity contribution in [2.75, 3.05) is 31.5 Å². The zero-order valence-corrected chi connectivity index (χ0v) is 18.7. The van der Waals surface area contributed by atoms with Crippen LogP contribution in [0.5, 0.6) is 0 Å². The molecule has 0 bridgehead atoms. The van der Waals surface area contributed by atoms with E-state index in [0.29, 0.717) is 27.4 Å². The van der Waals surface area contributed by atoms with Crippen molar-refractivity contribution in [1.29, 1.82) is 0 Å². The van der Waals surface area contributed by atoms with Gasteiger partial charge in [0, 0.05) is 36.6 Å². The summed E-state index contributed by atoms with van der Waals surface area (Å²) in [5.41, 5.74) is 0. The molecule has 2 aromatic rings. The SMILES string of the molecule is O=C(Nc1ccc(C(=O)N2CCN(S(=O)(=O)c3ccccc3Br)CC2)s1)C1CC1. The summed E-state index contributed by atoms with van der Waals surface area (Å²) >= 11 is 4.55. The number of hydrogen-bond acceptors (Lipinski definition) is 5. The fourth-order valence-corrected chi connectivity index (χ4v) is 6.43. The van der Waals surface area contributed by atoms with Gasteiger partial charge in [0.1, 0.15) is 0 Å². The Hall–Kier alpha value is -1.75. The lowest BCUT2D eigenvalue weighted by atomic mass is 10.3. The molecular formula is C19H20BrN3O4S2. The summed E-state index contributed by atoms with van der Waals surface area (Å²) in [7, 11) is -3.61. The molecule has 1 aromatic heterocycles. The molecule has 1 saturated carbocycles. The number of sulfonamides is 1. The number of anilines is 1. The molecular weight excluding hydrogens is 478 g/mol. The Kier molecular flexibility index (Phi) is 5.78. The number of nitrogens with one attached hydrogen (secondary N) is 1. The topological polar surface area (TPSA) is 86.8 Å². The fraction of sp³-hybridized carbons (Fsp3) is 0.368. The van der Waals surface area contributed by atoms with E-state index in [2.05, 4.69) is 21.2 Å². The second kappa shape index (κ2) is 8.17. The highest BCUT2D eigenvalue weighted by Gasteiger charge is 2.32. The number of hydrogen-bond donors (Lipinski definition) is 1. The summed E-state index contributed by atoms with van der Waals surface area (Å²) in [6.45, 7) is 1.13. The Morgan fingerprint density at radius 3 is 2.38 bits per heavy atom. The second-order valence-electron chi connectivity index (χ2n) is 7.05. The molecule has 10 heteroatoms. The van der Waals surface area contributed by atoms with Crippen LogP contribution in [0.15, 0.2) is 45.8 Å². The van der Waals surface area contributed by atoms with E-state index in [1.807, 2.05) is 0 Å². The Morgan fingerprint density at radius 1 is 1.03 bits per heavy atom. The van der Waals surface area contributed by atoms with Gasteiger partial charge in [-0.1, -0.05) is 12.1 Å². The first-order valence-electron chi connectivity index (χ1n) is 9.31. The zero-order valence-electron chi connectivity index (χ0n) is 15.5. The number of piperazine rings is 1. The summed E-state index contributed by atoms with van der Waals surface area (Å²) in [6.07, 6.45) is 1.85. The fourth-order valence-electron chi connectivity index (χ4n) is 3.17. The van der Waals surface area contributed by atoms with E-state index in [9.17, 15) is 18.0 Å². The quantitative estimate of drug-likeness (QED) is 0.687. The van der Waals surface area contributed by atoms with Crippen LogP contribution in [0.4, 0.5) is 5.00 Å². The standard InChI is InChI=1S/C19H20BrN3O4S2/c20-14-3-1-2-4-16(14)29(26,27)23-11-9-22(10-12-23)19(25)15-7-8-17(28-15)21-18(24)13-5-6-13/h1-4,7-8,13H,5-6,9-12H2,(H,21,24). The van der Waals surface area contributed by atoms with Crippen molar-refractivity contribution in [2.24, 2.45) is 5.92 Å². The van der Waals surface area contributed by atoms with E-state index in [1.54, 1.807) is 41.3 Å². The minimum absolute atomic E-state index is 0.0109. The maximum absolute atomic E-state index is 12.9. The summed E-state index contributed by atoms with van der Waals surface area (Å²) < 4.78 is 27.7. The predicted octanol–water partition coefficient (Wildman–Crippen LogP) is 3.01. The first-order chi connectivity index (χ1) is 13.9. The molecule has 2 heterocycles. The van der Waals surface area contributed by atoms with Crippen LogP contribution in [-0.2, 0) is 14.8 Å². The summed E-state index contributed by atoms with van der Waals surface area (Å²) in [4.78, 5) is 27.1. The second-order valence-corrected chi connectivity index (χ2v) is 10.9. The third-order valence-electron chi connectivity index (χ3n) is 4.99. The smallest absolute Gasteiger partial charge is 0.264 e. The number of carbonyl (C=O) groups is 2. The maximum Gasteiger partial charge on any atom is 0.264 e. The Bertz CT molecular complexity index is 1040. The van der Waals surface area contributed by atoms with Crippen LogP contribution in [-0.4, -0.2) is 55.6 Å². The molecule has 4 rings (SSSR count). The van der Waals surface area contributed by atoms with Gasteiger partial charge in [0.2, 0.25) is 15.9 Å². The molecule has 2 aliphatic rings. The summed E-state index contributed by atoms with van der Waals surface area (Å²) in [5, 5.41) is 3.52. The largest absolute Gasteiger partial charge is 0.335 e. The first-order valence-corrected chi connectivity index (χ1v) is 12.4. The van der Waals surface area contributed by atoms with E-state index < -0.39 is 10.0 Å². The Balaban J connectivity index is 1.38. The molecule has 0 atom stereocenters. The molecule has 29 heavy (non-hydrogen) atoms. The van der Waals surface area contributed by atoms with Crippen LogP contribution in [0.3, 0.4) is 0 Å².